The van der Waals surface area contributed by atoms with Crippen LogP contribution in [0, 0.1) is 0 Å². The van der Waals surface area contributed by atoms with Gasteiger partial charge in [-0.1, -0.05) is 0 Å². The van der Waals surface area contributed by atoms with Crippen LogP contribution in [0.15, 0.2) is 29.0 Å². The van der Waals surface area contributed by atoms with Crippen molar-refractivity contribution in [2.75, 3.05) is 18.9 Å². The van der Waals surface area contributed by atoms with Crippen molar-refractivity contribution in [3.63, 3.8) is 0 Å². The van der Waals surface area contributed by atoms with Gasteiger partial charge in [-0.3, -0.25) is 4.98 Å². The van der Waals surface area contributed by atoms with Gasteiger partial charge in [0.1, 0.15) is 24.7 Å². The summed E-state index contributed by atoms with van der Waals surface area (Å²) in [5, 5.41) is 0. The molecule has 0 radical (unpaired) electrons. The molecule has 0 aliphatic carbocycles. The molecule has 2 aromatic rings. The maximum Gasteiger partial charge on any atom is 0.175 e. The number of fused-ring (bicyclic) bond motifs is 1. The third-order valence-corrected chi connectivity index (χ3v) is 3.19. The van der Waals surface area contributed by atoms with Gasteiger partial charge in [-0.05, 0) is 28.1 Å². The van der Waals surface area contributed by atoms with Crippen LogP contribution in [0.1, 0.15) is 0 Å². The normalized spacial score (nSPS) is 13.4. The molecule has 3 rings (SSSR count). The van der Waals surface area contributed by atoms with E-state index in [1.54, 1.807) is 12.4 Å². The first-order valence-corrected chi connectivity index (χ1v) is 6.21. The highest BCUT2D eigenvalue weighted by molar-refractivity contribution is 9.10. The Labute approximate surface area is 112 Å². The van der Waals surface area contributed by atoms with E-state index in [0.717, 1.165) is 10.0 Å². The van der Waals surface area contributed by atoms with Gasteiger partial charge in [0.15, 0.2) is 11.5 Å². The van der Waals surface area contributed by atoms with E-state index in [-0.39, 0.29) is 0 Å². The topological polar surface area (TPSA) is 70.3 Å². The molecule has 1 aromatic carbocycles. The molecule has 0 spiro atoms. The zero-order chi connectivity index (χ0) is 12.5. The maximum absolute atomic E-state index is 5.82. The van der Waals surface area contributed by atoms with Gasteiger partial charge in [0.05, 0.1) is 4.47 Å². The van der Waals surface area contributed by atoms with Crippen LogP contribution >= 0.6 is 15.9 Å². The van der Waals surface area contributed by atoms with Gasteiger partial charge in [0.25, 0.3) is 0 Å². The molecule has 0 amide bonds. The molecule has 0 bridgehead atoms. The summed E-state index contributed by atoms with van der Waals surface area (Å²) in [6.07, 6.45) is 3.17. The van der Waals surface area contributed by atoms with Crippen LogP contribution in [0.4, 0.5) is 5.82 Å². The number of ether oxygens (including phenoxy) is 2. The minimum atomic E-state index is 0.390. The lowest BCUT2D eigenvalue weighted by Gasteiger charge is -2.20. The summed E-state index contributed by atoms with van der Waals surface area (Å²) >= 11 is 3.46. The lowest BCUT2D eigenvalue weighted by atomic mass is 10.1. The van der Waals surface area contributed by atoms with Crippen LogP contribution in [0.2, 0.25) is 0 Å². The largest absolute Gasteiger partial charge is 0.486 e. The van der Waals surface area contributed by atoms with Crippen molar-refractivity contribution in [2.24, 2.45) is 0 Å². The highest BCUT2D eigenvalue weighted by Gasteiger charge is 2.18. The molecule has 2 heterocycles. The molecule has 0 fully saturated rings. The van der Waals surface area contributed by atoms with Gasteiger partial charge in [0, 0.05) is 18.0 Å². The summed E-state index contributed by atoms with van der Waals surface area (Å²) < 4.78 is 11.9. The van der Waals surface area contributed by atoms with Crippen LogP contribution in [0.25, 0.3) is 11.3 Å². The number of anilines is 1. The Morgan fingerprint density at radius 2 is 1.89 bits per heavy atom. The fraction of sp³-hybridized carbons (Fsp3) is 0.167. The number of nitrogen functional groups attached to an aromatic ring is 1. The third-order valence-electron chi connectivity index (χ3n) is 2.60. The first-order valence-electron chi connectivity index (χ1n) is 5.41. The molecule has 1 aliphatic heterocycles. The van der Waals surface area contributed by atoms with Crippen LogP contribution in [0.3, 0.4) is 0 Å². The van der Waals surface area contributed by atoms with Crippen LogP contribution < -0.4 is 15.2 Å². The lowest BCUT2D eigenvalue weighted by molar-refractivity contribution is 0.170. The summed E-state index contributed by atoms with van der Waals surface area (Å²) in [5.74, 6) is 1.80. The predicted octanol–water partition coefficient (Wildman–Crippen LogP) is 2.26. The van der Waals surface area contributed by atoms with Crippen LogP contribution in [-0.4, -0.2) is 23.2 Å². The van der Waals surface area contributed by atoms with E-state index in [1.807, 2.05) is 12.1 Å². The average molecular weight is 308 g/mol. The van der Waals surface area contributed by atoms with E-state index in [9.17, 15) is 0 Å². The Bertz CT molecular complexity index is 604. The van der Waals surface area contributed by atoms with Crippen molar-refractivity contribution >= 4 is 21.7 Å². The number of hydrogen-bond donors (Lipinski definition) is 1. The summed E-state index contributed by atoms with van der Waals surface area (Å²) in [6, 6.07) is 3.76. The van der Waals surface area contributed by atoms with Crippen molar-refractivity contribution in [1.82, 2.24) is 9.97 Å². The Balaban J connectivity index is 2.14. The summed E-state index contributed by atoms with van der Waals surface area (Å²) in [5.41, 5.74) is 7.30. The van der Waals surface area contributed by atoms with Gasteiger partial charge >= 0.3 is 0 Å². The molecular formula is C12H10BrN3O2. The third kappa shape index (κ3) is 1.88. The second-order valence-corrected chi connectivity index (χ2v) is 4.63. The van der Waals surface area contributed by atoms with E-state index in [2.05, 4.69) is 25.9 Å². The fourth-order valence-corrected chi connectivity index (χ4v) is 2.38. The molecule has 0 atom stereocenters. The lowest BCUT2D eigenvalue weighted by Crippen LogP contribution is -2.15. The quantitative estimate of drug-likeness (QED) is 0.875. The van der Waals surface area contributed by atoms with Crippen LogP contribution in [-0.2, 0) is 0 Å². The summed E-state index contributed by atoms with van der Waals surface area (Å²) in [4.78, 5) is 8.26. The molecule has 0 unspecified atom stereocenters. The second-order valence-electron chi connectivity index (χ2n) is 3.77. The molecule has 0 saturated heterocycles. The van der Waals surface area contributed by atoms with Crippen molar-refractivity contribution in [3.8, 4) is 22.8 Å². The molecule has 1 aromatic heterocycles. The monoisotopic (exact) mass is 307 g/mol. The molecule has 0 saturated carbocycles. The molecule has 1 aliphatic rings. The van der Waals surface area contributed by atoms with Crippen LogP contribution in [0.5, 0.6) is 11.5 Å². The zero-order valence-corrected chi connectivity index (χ0v) is 11.0. The van der Waals surface area contributed by atoms with Gasteiger partial charge in [-0.25, -0.2) is 4.98 Å². The van der Waals surface area contributed by atoms with E-state index < -0.39 is 0 Å². The minimum absolute atomic E-state index is 0.390. The van der Waals surface area contributed by atoms with Gasteiger partial charge < -0.3 is 15.2 Å². The molecule has 92 valence electrons. The van der Waals surface area contributed by atoms with Crippen molar-refractivity contribution < 1.29 is 9.47 Å². The average Bonchev–Trinajstić information content (AvgIpc) is 2.39. The Morgan fingerprint density at radius 3 is 2.72 bits per heavy atom. The number of halogens is 1. The predicted molar refractivity (Wildman–Crippen MR) is 70.6 cm³/mol. The highest BCUT2D eigenvalue weighted by atomic mass is 79.9. The molecule has 6 heteroatoms. The number of rotatable bonds is 1. The van der Waals surface area contributed by atoms with E-state index in [0.29, 0.717) is 36.2 Å². The van der Waals surface area contributed by atoms with Crippen molar-refractivity contribution in [1.29, 1.82) is 0 Å². The number of nitrogens with two attached hydrogens (primary N) is 1. The highest BCUT2D eigenvalue weighted by Crippen LogP contribution is 2.41. The summed E-state index contributed by atoms with van der Waals surface area (Å²) in [6.45, 7) is 1.09. The second kappa shape index (κ2) is 4.45. The standard InChI is InChI=1S/C12H10BrN3O2/c13-8-5-7(10-12(14)16-2-1-15-10)6-9-11(8)18-4-3-17-9/h1-2,5-6H,3-4H2,(H2,14,16). The number of aromatic nitrogens is 2. The Kier molecular flexibility index (Phi) is 2.79. The zero-order valence-electron chi connectivity index (χ0n) is 9.39. The van der Waals surface area contributed by atoms with Crippen molar-refractivity contribution in [3.05, 3.63) is 29.0 Å². The summed E-state index contributed by atoms with van der Waals surface area (Å²) in [7, 11) is 0. The van der Waals surface area contributed by atoms with Gasteiger partial charge in [-0.2, -0.15) is 0 Å². The van der Waals surface area contributed by atoms with E-state index >= 15 is 0 Å². The first-order chi connectivity index (χ1) is 8.75. The number of nitrogens with zero attached hydrogens (tertiary/aromatic N) is 2. The smallest absolute Gasteiger partial charge is 0.175 e. The molecule has 5 nitrogen and oxygen atoms in total. The number of hydrogen-bond acceptors (Lipinski definition) is 5. The van der Waals surface area contributed by atoms with Gasteiger partial charge in [-0.15, -0.1) is 0 Å². The Hall–Kier alpha value is -1.82. The van der Waals surface area contributed by atoms with E-state index in [4.69, 9.17) is 15.2 Å². The fourth-order valence-electron chi connectivity index (χ4n) is 1.82. The Morgan fingerprint density at radius 1 is 1.11 bits per heavy atom. The number of benzene rings is 1. The van der Waals surface area contributed by atoms with Gasteiger partial charge in [0.2, 0.25) is 0 Å². The first kappa shape index (κ1) is 11.3. The minimum Gasteiger partial charge on any atom is -0.486 e. The SMILES string of the molecule is Nc1nccnc1-c1cc(Br)c2c(c1)OCCO2. The van der Waals surface area contributed by atoms with Crippen molar-refractivity contribution in [2.45, 2.75) is 0 Å². The molecule has 18 heavy (non-hydrogen) atoms. The van der Waals surface area contributed by atoms with E-state index in [1.165, 1.54) is 0 Å². The maximum atomic E-state index is 5.82. The molecular weight excluding hydrogens is 298 g/mol. The molecule has 2 N–H and O–H groups in total.